The summed E-state index contributed by atoms with van der Waals surface area (Å²) in [6, 6.07) is 0. The van der Waals surface area contributed by atoms with E-state index in [0.29, 0.717) is 19.6 Å². The molecule has 1 amide bonds. The van der Waals surface area contributed by atoms with Crippen molar-refractivity contribution >= 4 is 47.2 Å². The summed E-state index contributed by atoms with van der Waals surface area (Å²) in [6.45, 7) is 12.3. The average Bonchev–Trinajstić information content (AvgIpc) is 2.88. The number of guanidine groups is 1. The summed E-state index contributed by atoms with van der Waals surface area (Å²) >= 11 is 1.65. The summed E-state index contributed by atoms with van der Waals surface area (Å²) in [7, 11) is 1.98. The molecule has 1 aromatic rings. The fraction of sp³-hybridized carbons (Fsp3) is 0.688. The van der Waals surface area contributed by atoms with Gasteiger partial charge in [0.25, 0.3) is 0 Å². The van der Waals surface area contributed by atoms with Gasteiger partial charge in [0.05, 0.1) is 29.2 Å². The number of thiazole rings is 1. The standard InChI is InChI=1S/C16H29N5OS.HI/c1-7-17-14(22)16(4,5)11-19-15(18-8-2)21(6)9-13-10-23-12(3)20-13;/h10H,7-9,11H2,1-6H3,(H,17,22)(H,18,19);1H. The maximum atomic E-state index is 12.1. The summed E-state index contributed by atoms with van der Waals surface area (Å²) in [6.07, 6.45) is 0. The number of amides is 1. The van der Waals surface area contributed by atoms with Gasteiger partial charge >= 0.3 is 0 Å². The highest BCUT2D eigenvalue weighted by molar-refractivity contribution is 14.0. The Hall–Kier alpha value is -0.900. The van der Waals surface area contributed by atoms with Crippen LogP contribution in [0.3, 0.4) is 0 Å². The first-order chi connectivity index (χ1) is 10.8. The number of nitrogens with zero attached hydrogens (tertiary/aromatic N) is 3. The van der Waals surface area contributed by atoms with Gasteiger partial charge in [-0.25, -0.2) is 4.98 Å². The second-order valence-electron chi connectivity index (χ2n) is 6.13. The van der Waals surface area contributed by atoms with E-state index >= 15 is 0 Å². The minimum atomic E-state index is -0.533. The molecular formula is C16H30IN5OS. The zero-order chi connectivity index (χ0) is 17.5. The molecule has 1 heterocycles. The number of carbonyl (C=O) groups excluding carboxylic acids is 1. The fourth-order valence-electron chi connectivity index (χ4n) is 2.01. The normalized spacial score (nSPS) is 11.7. The Morgan fingerprint density at radius 1 is 1.33 bits per heavy atom. The third-order valence-electron chi connectivity index (χ3n) is 3.34. The van der Waals surface area contributed by atoms with E-state index < -0.39 is 5.41 Å². The van der Waals surface area contributed by atoms with Gasteiger partial charge in [-0.2, -0.15) is 0 Å². The Balaban J connectivity index is 0.00000529. The van der Waals surface area contributed by atoms with Gasteiger partial charge in [-0.1, -0.05) is 0 Å². The molecule has 0 fully saturated rings. The quantitative estimate of drug-likeness (QED) is 0.368. The third-order valence-corrected chi connectivity index (χ3v) is 4.16. The van der Waals surface area contributed by atoms with Crippen molar-refractivity contribution in [2.75, 3.05) is 26.7 Å². The molecule has 0 aliphatic heterocycles. The van der Waals surface area contributed by atoms with Crippen LogP contribution in [0, 0.1) is 12.3 Å². The van der Waals surface area contributed by atoms with Crippen LogP contribution in [0.25, 0.3) is 0 Å². The van der Waals surface area contributed by atoms with Gasteiger partial charge < -0.3 is 15.5 Å². The number of aromatic nitrogens is 1. The molecule has 0 aromatic carbocycles. The van der Waals surface area contributed by atoms with Gasteiger partial charge in [-0.3, -0.25) is 9.79 Å². The smallest absolute Gasteiger partial charge is 0.227 e. The van der Waals surface area contributed by atoms with Crippen LogP contribution in [-0.4, -0.2) is 48.4 Å². The maximum Gasteiger partial charge on any atom is 0.227 e. The van der Waals surface area contributed by atoms with Crippen LogP contribution < -0.4 is 10.6 Å². The van der Waals surface area contributed by atoms with E-state index in [4.69, 9.17) is 0 Å². The summed E-state index contributed by atoms with van der Waals surface area (Å²) < 4.78 is 0. The Morgan fingerprint density at radius 3 is 2.46 bits per heavy atom. The topological polar surface area (TPSA) is 69.6 Å². The highest BCUT2D eigenvalue weighted by atomic mass is 127. The fourth-order valence-corrected chi connectivity index (χ4v) is 2.62. The molecule has 2 N–H and O–H groups in total. The van der Waals surface area contributed by atoms with Crippen LogP contribution in [0.1, 0.15) is 38.4 Å². The van der Waals surface area contributed by atoms with Crippen molar-refractivity contribution in [3.63, 3.8) is 0 Å². The molecule has 0 unspecified atom stereocenters. The van der Waals surface area contributed by atoms with Gasteiger partial charge in [0, 0.05) is 25.5 Å². The van der Waals surface area contributed by atoms with Crippen molar-refractivity contribution in [3.8, 4) is 0 Å². The van der Waals surface area contributed by atoms with Crippen LogP contribution in [0.5, 0.6) is 0 Å². The molecule has 0 spiro atoms. The van der Waals surface area contributed by atoms with E-state index in [1.165, 1.54) is 0 Å². The van der Waals surface area contributed by atoms with Crippen molar-refractivity contribution < 1.29 is 4.79 Å². The Kier molecular flexibility index (Phi) is 10.5. The molecule has 0 saturated carbocycles. The predicted octanol–water partition coefficient (Wildman–Crippen LogP) is 2.63. The van der Waals surface area contributed by atoms with E-state index in [0.717, 1.165) is 23.2 Å². The maximum absolute atomic E-state index is 12.1. The zero-order valence-electron chi connectivity index (χ0n) is 15.5. The van der Waals surface area contributed by atoms with E-state index in [-0.39, 0.29) is 29.9 Å². The lowest BCUT2D eigenvalue weighted by atomic mass is 9.92. The molecule has 138 valence electrons. The van der Waals surface area contributed by atoms with Crippen molar-refractivity contribution in [1.29, 1.82) is 0 Å². The highest BCUT2D eigenvalue weighted by Gasteiger charge is 2.27. The molecule has 1 aromatic heterocycles. The SMILES string of the molecule is CCNC(=O)C(C)(C)CN=C(NCC)N(C)Cc1csc(C)n1.I. The van der Waals surface area contributed by atoms with E-state index in [1.54, 1.807) is 11.3 Å². The van der Waals surface area contributed by atoms with Gasteiger partial charge in [0.2, 0.25) is 5.91 Å². The molecule has 0 atom stereocenters. The Labute approximate surface area is 166 Å². The number of carbonyl (C=O) groups is 1. The molecule has 8 heteroatoms. The van der Waals surface area contributed by atoms with Crippen LogP contribution in [0.4, 0.5) is 0 Å². The van der Waals surface area contributed by atoms with Gasteiger partial charge in [0.15, 0.2) is 5.96 Å². The van der Waals surface area contributed by atoms with Crippen molar-refractivity contribution in [2.24, 2.45) is 10.4 Å². The summed E-state index contributed by atoms with van der Waals surface area (Å²) in [4.78, 5) is 23.2. The first-order valence-electron chi connectivity index (χ1n) is 7.99. The summed E-state index contributed by atoms with van der Waals surface area (Å²) in [5.41, 5.74) is 0.498. The molecular weight excluding hydrogens is 437 g/mol. The number of aryl methyl sites for hydroxylation is 1. The van der Waals surface area contributed by atoms with Crippen LogP contribution in [0.2, 0.25) is 0 Å². The van der Waals surface area contributed by atoms with Crippen LogP contribution in [0.15, 0.2) is 10.4 Å². The first-order valence-corrected chi connectivity index (χ1v) is 8.86. The van der Waals surface area contributed by atoms with Crippen LogP contribution >= 0.6 is 35.3 Å². The summed E-state index contributed by atoms with van der Waals surface area (Å²) in [5.74, 6) is 0.813. The monoisotopic (exact) mass is 467 g/mol. The number of rotatable bonds is 7. The summed E-state index contributed by atoms with van der Waals surface area (Å²) in [5, 5.41) is 9.26. The van der Waals surface area contributed by atoms with Crippen molar-refractivity contribution in [1.82, 2.24) is 20.5 Å². The predicted molar refractivity (Wildman–Crippen MR) is 112 cm³/mol. The van der Waals surface area contributed by atoms with Gasteiger partial charge in [-0.05, 0) is 34.6 Å². The molecule has 1 rings (SSSR count). The Morgan fingerprint density at radius 2 is 1.96 bits per heavy atom. The van der Waals surface area contributed by atoms with Crippen LogP contribution in [-0.2, 0) is 11.3 Å². The lowest BCUT2D eigenvalue weighted by Gasteiger charge is -2.25. The number of nitrogens with one attached hydrogen (secondary N) is 2. The van der Waals surface area contributed by atoms with Crippen molar-refractivity contribution in [2.45, 2.75) is 41.2 Å². The lowest BCUT2D eigenvalue weighted by Crippen LogP contribution is -2.42. The molecule has 6 nitrogen and oxygen atoms in total. The third kappa shape index (κ3) is 7.33. The van der Waals surface area contributed by atoms with E-state index in [9.17, 15) is 4.79 Å². The van der Waals surface area contributed by atoms with Crippen molar-refractivity contribution in [3.05, 3.63) is 16.1 Å². The van der Waals surface area contributed by atoms with E-state index in [2.05, 4.69) is 26.0 Å². The van der Waals surface area contributed by atoms with Gasteiger partial charge in [-0.15, -0.1) is 35.3 Å². The molecule has 0 saturated heterocycles. The highest BCUT2D eigenvalue weighted by Crippen LogP contribution is 2.16. The number of hydrogen-bond donors (Lipinski definition) is 2. The molecule has 0 radical (unpaired) electrons. The average molecular weight is 467 g/mol. The first kappa shape index (κ1) is 23.1. The number of halogens is 1. The minimum Gasteiger partial charge on any atom is -0.357 e. The molecule has 24 heavy (non-hydrogen) atoms. The number of aliphatic imine (C=N–C) groups is 1. The minimum absolute atomic E-state index is 0. The molecule has 0 aliphatic carbocycles. The lowest BCUT2D eigenvalue weighted by molar-refractivity contribution is -0.128. The van der Waals surface area contributed by atoms with Gasteiger partial charge in [0.1, 0.15) is 0 Å². The second-order valence-corrected chi connectivity index (χ2v) is 7.19. The largest absolute Gasteiger partial charge is 0.357 e. The number of hydrogen-bond acceptors (Lipinski definition) is 4. The molecule has 0 aliphatic rings. The zero-order valence-corrected chi connectivity index (χ0v) is 18.6. The van der Waals surface area contributed by atoms with E-state index in [1.807, 2.05) is 46.6 Å². The second kappa shape index (κ2) is 10.9. The molecule has 0 bridgehead atoms. The Bertz CT molecular complexity index is 544.